The van der Waals surface area contributed by atoms with Crippen LogP contribution in [0.15, 0.2) is 5.38 Å². The topological polar surface area (TPSA) is 89.1 Å². The SMILES string of the molecule is C[Si](C)(C)OC(C(=O)[SH]=N)c1csc(N)n1. The Balaban J connectivity index is 2.96. The van der Waals surface area contributed by atoms with E-state index in [2.05, 4.69) is 4.98 Å². The van der Waals surface area contributed by atoms with E-state index in [-0.39, 0.29) is 16.7 Å². The van der Waals surface area contributed by atoms with E-state index in [0.29, 0.717) is 10.8 Å². The summed E-state index contributed by atoms with van der Waals surface area (Å²) in [4.78, 5) is 15.7. The number of thiol groups is 1. The molecule has 1 aromatic rings. The molecular weight excluding hydrogens is 262 g/mol. The van der Waals surface area contributed by atoms with Gasteiger partial charge in [-0.25, -0.2) is 4.98 Å². The molecule has 0 aliphatic rings. The zero-order valence-corrected chi connectivity index (χ0v) is 12.1. The van der Waals surface area contributed by atoms with E-state index in [1.807, 2.05) is 19.6 Å². The van der Waals surface area contributed by atoms with Crippen molar-refractivity contribution in [3.8, 4) is 0 Å². The van der Waals surface area contributed by atoms with Crippen molar-refractivity contribution in [1.29, 1.82) is 4.78 Å². The van der Waals surface area contributed by atoms with Gasteiger partial charge in [0.05, 0.1) is 5.69 Å². The number of nitrogen functional groups attached to an aromatic ring is 1. The molecule has 16 heavy (non-hydrogen) atoms. The molecular formula is C8H15N3O2S2Si. The Morgan fingerprint density at radius 2 is 2.31 bits per heavy atom. The van der Waals surface area contributed by atoms with Crippen LogP contribution < -0.4 is 5.73 Å². The monoisotopic (exact) mass is 277 g/mol. The van der Waals surface area contributed by atoms with E-state index < -0.39 is 14.4 Å². The maximum absolute atomic E-state index is 11.6. The predicted octanol–water partition coefficient (Wildman–Crippen LogP) is 1.72. The maximum atomic E-state index is 11.6. The lowest BCUT2D eigenvalue weighted by molar-refractivity contribution is -0.117. The summed E-state index contributed by atoms with van der Waals surface area (Å²) in [6.07, 6.45) is -0.737. The molecule has 0 spiro atoms. The zero-order chi connectivity index (χ0) is 12.3. The first-order chi connectivity index (χ1) is 7.33. The van der Waals surface area contributed by atoms with E-state index in [4.69, 9.17) is 14.9 Å². The lowest BCUT2D eigenvalue weighted by Crippen LogP contribution is -2.31. The largest absolute Gasteiger partial charge is 0.402 e. The second-order valence-corrected chi connectivity index (χ2v) is 10.2. The highest BCUT2D eigenvalue weighted by atomic mass is 32.1. The molecule has 0 amide bonds. The van der Waals surface area contributed by atoms with Crippen molar-refractivity contribution in [2.45, 2.75) is 25.7 Å². The summed E-state index contributed by atoms with van der Waals surface area (Å²) in [6.45, 7) is 5.97. The number of nitrogens with two attached hydrogens (primary N) is 1. The van der Waals surface area contributed by atoms with Gasteiger partial charge < -0.3 is 10.2 Å². The number of anilines is 1. The highest BCUT2D eigenvalue weighted by molar-refractivity contribution is 7.84. The van der Waals surface area contributed by atoms with Gasteiger partial charge in [-0.3, -0.25) is 9.57 Å². The van der Waals surface area contributed by atoms with Crippen LogP contribution in [0.25, 0.3) is 0 Å². The first kappa shape index (κ1) is 13.5. The van der Waals surface area contributed by atoms with Crippen LogP contribution in [-0.2, 0) is 20.8 Å². The van der Waals surface area contributed by atoms with Gasteiger partial charge >= 0.3 is 0 Å². The number of hydrogen-bond donors (Lipinski definition) is 3. The van der Waals surface area contributed by atoms with Gasteiger partial charge in [-0.2, -0.15) is 0 Å². The van der Waals surface area contributed by atoms with Crippen molar-refractivity contribution < 1.29 is 9.22 Å². The molecule has 0 aliphatic carbocycles. The van der Waals surface area contributed by atoms with Crippen LogP contribution in [0.2, 0.25) is 19.6 Å². The quantitative estimate of drug-likeness (QED) is 0.577. The number of carbonyl (C=O) groups excluding carboxylic acids is 1. The van der Waals surface area contributed by atoms with Gasteiger partial charge in [-0.05, 0) is 31.2 Å². The molecule has 0 saturated heterocycles. The molecule has 0 saturated carbocycles. The Kier molecular flexibility index (Phi) is 4.36. The van der Waals surface area contributed by atoms with Gasteiger partial charge in [0.15, 0.2) is 19.6 Å². The fraction of sp³-hybridized carbons (Fsp3) is 0.500. The Bertz CT molecular complexity index is 402. The van der Waals surface area contributed by atoms with E-state index >= 15 is 0 Å². The molecule has 1 atom stereocenters. The molecule has 1 heterocycles. The molecule has 0 fully saturated rings. The minimum atomic E-state index is -1.86. The summed E-state index contributed by atoms with van der Waals surface area (Å²) >= 11 is 1.21. The first-order valence-electron chi connectivity index (χ1n) is 4.63. The van der Waals surface area contributed by atoms with Crippen LogP contribution >= 0.6 is 11.3 Å². The lowest BCUT2D eigenvalue weighted by atomic mass is 10.3. The molecule has 0 aliphatic heterocycles. The number of carbonyl (C=O) groups is 1. The third-order valence-electron chi connectivity index (χ3n) is 1.61. The summed E-state index contributed by atoms with van der Waals surface area (Å²) < 4.78 is 12.8. The van der Waals surface area contributed by atoms with Gasteiger partial charge in [-0.15, -0.1) is 11.3 Å². The van der Waals surface area contributed by atoms with Crippen molar-refractivity contribution in [3.05, 3.63) is 11.1 Å². The van der Waals surface area contributed by atoms with Crippen LogP contribution in [0, 0.1) is 4.78 Å². The van der Waals surface area contributed by atoms with Crippen LogP contribution in [-0.4, -0.2) is 18.4 Å². The second kappa shape index (κ2) is 5.17. The van der Waals surface area contributed by atoms with Crippen LogP contribution in [0.4, 0.5) is 5.13 Å². The number of hydrogen-bond acceptors (Lipinski definition) is 6. The van der Waals surface area contributed by atoms with E-state index in [1.165, 1.54) is 11.3 Å². The number of aromatic nitrogens is 1. The van der Waals surface area contributed by atoms with Gasteiger partial charge in [0, 0.05) is 5.38 Å². The van der Waals surface area contributed by atoms with Crippen molar-refractivity contribution >= 4 is 41.5 Å². The molecule has 0 radical (unpaired) electrons. The molecule has 1 rings (SSSR count). The van der Waals surface area contributed by atoms with Crippen molar-refractivity contribution in [2.24, 2.45) is 0 Å². The smallest absolute Gasteiger partial charge is 0.230 e. The van der Waals surface area contributed by atoms with Crippen LogP contribution in [0.1, 0.15) is 11.8 Å². The maximum Gasteiger partial charge on any atom is 0.230 e. The Morgan fingerprint density at radius 3 is 2.69 bits per heavy atom. The van der Waals surface area contributed by atoms with Gasteiger partial charge in [0.25, 0.3) is 0 Å². The molecule has 90 valence electrons. The van der Waals surface area contributed by atoms with Crippen LogP contribution in [0.5, 0.6) is 0 Å². The average molecular weight is 277 g/mol. The predicted molar refractivity (Wildman–Crippen MR) is 70.2 cm³/mol. The Hall–Kier alpha value is -0.573. The average Bonchev–Trinajstić information content (AvgIpc) is 2.58. The van der Waals surface area contributed by atoms with E-state index in [0.717, 1.165) is 0 Å². The summed E-state index contributed by atoms with van der Waals surface area (Å²) in [6, 6.07) is 0. The van der Waals surface area contributed by atoms with Crippen molar-refractivity contribution in [3.63, 3.8) is 0 Å². The fourth-order valence-electron chi connectivity index (χ4n) is 1.07. The number of nitrogens with one attached hydrogen (secondary N) is 1. The standard InChI is InChI=1S/C8H15N3O2S2Si/c1-16(2,3)13-6(7(12)15-10)5-4-14-8(9)11-5/h4,6,10,15H,1-3H3,(H2,9,11). The molecule has 1 unspecified atom stereocenters. The molecule has 8 heteroatoms. The molecule has 5 nitrogen and oxygen atoms in total. The highest BCUT2D eigenvalue weighted by Gasteiger charge is 2.28. The van der Waals surface area contributed by atoms with Gasteiger partial charge in [0.2, 0.25) is 5.12 Å². The van der Waals surface area contributed by atoms with E-state index in [9.17, 15) is 4.79 Å². The van der Waals surface area contributed by atoms with Crippen LogP contribution in [0.3, 0.4) is 0 Å². The summed E-state index contributed by atoms with van der Waals surface area (Å²) in [7, 11) is -1.86. The van der Waals surface area contributed by atoms with E-state index in [1.54, 1.807) is 5.38 Å². The molecule has 3 N–H and O–H groups in total. The minimum Gasteiger partial charge on any atom is -0.402 e. The number of nitrogens with zero attached hydrogens (tertiary/aromatic N) is 1. The lowest BCUT2D eigenvalue weighted by Gasteiger charge is -2.22. The fourth-order valence-corrected chi connectivity index (χ4v) is 2.98. The van der Waals surface area contributed by atoms with Gasteiger partial charge in [-0.1, -0.05) is 0 Å². The van der Waals surface area contributed by atoms with Crippen molar-refractivity contribution in [1.82, 2.24) is 4.98 Å². The molecule has 1 aromatic heterocycles. The molecule has 0 bridgehead atoms. The third-order valence-corrected chi connectivity index (χ3v) is 3.70. The Morgan fingerprint density at radius 1 is 1.69 bits per heavy atom. The highest BCUT2D eigenvalue weighted by Crippen LogP contribution is 2.25. The summed E-state index contributed by atoms with van der Waals surface area (Å²) in [5.41, 5.74) is 6.05. The summed E-state index contributed by atoms with van der Waals surface area (Å²) in [5.74, 6) is 0. The minimum absolute atomic E-state index is 0.0627. The van der Waals surface area contributed by atoms with Gasteiger partial charge in [0.1, 0.15) is 0 Å². The number of rotatable bonds is 4. The molecule has 0 aromatic carbocycles. The summed E-state index contributed by atoms with van der Waals surface area (Å²) in [5, 5.41) is 1.82. The first-order valence-corrected chi connectivity index (χ1v) is 9.82. The zero-order valence-electron chi connectivity index (χ0n) is 9.35. The normalized spacial score (nSPS) is 13.7. The third kappa shape index (κ3) is 3.78. The number of thiazole rings is 1. The van der Waals surface area contributed by atoms with Crippen molar-refractivity contribution in [2.75, 3.05) is 5.73 Å². The Labute approximate surface area is 103 Å². The second-order valence-electron chi connectivity index (χ2n) is 4.17.